The lowest BCUT2D eigenvalue weighted by Gasteiger charge is -2.22. The number of halogens is 1. The van der Waals surface area contributed by atoms with Crippen LogP contribution in [0.1, 0.15) is 31.4 Å². The molecule has 0 unspecified atom stereocenters. The summed E-state index contributed by atoms with van der Waals surface area (Å²) in [5, 5.41) is 0. The van der Waals surface area contributed by atoms with Crippen molar-refractivity contribution in [1.82, 2.24) is 0 Å². The van der Waals surface area contributed by atoms with E-state index in [2.05, 4.69) is 48.8 Å². The average Bonchev–Trinajstić information content (AvgIpc) is 2.30. The van der Waals surface area contributed by atoms with E-state index in [1.54, 1.807) is 7.11 Å². The summed E-state index contributed by atoms with van der Waals surface area (Å²) < 4.78 is 6.57. The van der Waals surface area contributed by atoms with Crippen molar-refractivity contribution in [3.63, 3.8) is 0 Å². The summed E-state index contributed by atoms with van der Waals surface area (Å²) in [6, 6.07) is 4.23. The van der Waals surface area contributed by atoms with Crippen LogP contribution in [0.2, 0.25) is 0 Å². The number of rotatable bonds is 5. The van der Waals surface area contributed by atoms with Gasteiger partial charge in [0.25, 0.3) is 0 Å². The van der Waals surface area contributed by atoms with E-state index < -0.39 is 0 Å². The minimum atomic E-state index is 0.183. The van der Waals surface area contributed by atoms with Gasteiger partial charge in [-0.1, -0.05) is 29.8 Å². The van der Waals surface area contributed by atoms with E-state index in [0.717, 1.165) is 23.1 Å². The van der Waals surface area contributed by atoms with E-state index in [1.165, 1.54) is 11.1 Å². The highest BCUT2D eigenvalue weighted by atomic mass is 79.9. The number of ether oxygens (including phenoxy) is 1. The molecule has 0 saturated carbocycles. The maximum absolute atomic E-state index is 5.75. The predicted molar refractivity (Wildman–Crippen MR) is 76.6 cm³/mol. The molecule has 3 heteroatoms. The van der Waals surface area contributed by atoms with Gasteiger partial charge >= 0.3 is 0 Å². The molecule has 0 aliphatic heterocycles. The van der Waals surface area contributed by atoms with E-state index >= 15 is 0 Å². The summed E-state index contributed by atoms with van der Waals surface area (Å²) in [6.07, 6.45) is 2.06. The molecule has 0 spiro atoms. The fourth-order valence-corrected chi connectivity index (χ4v) is 2.05. The number of nitrogens with two attached hydrogens (primary N) is 1. The van der Waals surface area contributed by atoms with Crippen molar-refractivity contribution in [3.8, 4) is 5.75 Å². The van der Waals surface area contributed by atoms with Crippen molar-refractivity contribution in [2.75, 3.05) is 13.7 Å². The van der Waals surface area contributed by atoms with Crippen LogP contribution in [0.25, 0.3) is 0 Å². The van der Waals surface area contributed by atoms with Crippen LogP contribution in [0.15, 0.2) is 16.6 Å². The first-order chi connectivity index (χ1) is 7.89. The van der Waals surface area contributed by atoms with Crippen LogP contribution >= 0.6 is 15.9 Å². The van der Waals surface area contributed by atoms with Crippen molar-refractivity contribution < 1.29 is 4.74 Å². The van der Waals surface area contributed by atoms with E-state index in [0.29, 0.717) is 6.54 Å². The number of benzene rings is 1. The minimum absolute atomic E-state index is 0.183. The van der Waals surface area contributed by atoms with Crippen LogP contribution in [-0.2, 0) is 6.42 Å². The highest BCUT2D eigenvalue weighted by Gasteiger charge is 2.17. The van der Waals surface area contributed by atoms with E-state index in [9.17, 15) is 0 Å². The molecule has 17 heavy (non-hydrogen) atoms. The monoisotopic (exact) mass is 299 g/mol. The van der Waals surface area contributed by atoms with Crippen LogP contribution in [0.3, 0.4) is 0 Å². The molecule has 0 aliphatic carbocycles. The highest BCUT2D eigenvalue weighted by Crippen LogP contribution is 2.30. The molecule has 0 aromatic heterocycles. The Labute approximate surface area is 113 Å². The van der Waals surface area contributed by atoms with Gasteiger partial charge in [-0.2, -0.15) is 0 Å². The van der Waals surface area contributed by atoms with Gasteiger partial charge in [-0.05, 0) is 55.0 Å². The van der Waals surface area contributed by atoms with Gasteiger partial charge in [0.1, 0.15) is 5.75 Å². The Morgan fingerprint density at radius 1 is 1.35 bits per heavy atom. The molecule has 2 N–H and O–H groups in total. The number of methoxy groups -OCH3 is 1. The number of hydrogen-bond donors (Lipinski definition) is 1. The molecule has 96 valence electrons. The summed E-state index contributed by atoms with van der Waals surface area (Å²) in [6.45, 7) is 7.17. The summed E-state index contributed by atoms with van der Waals surface area (Å²) in [5.74, 6) is 0.971. The molecule has 2 nitrogen and oxygen atoms in total. The maximum Gasteiger partial charge on any atom is 0.122 e. The molecule has 0 atom stereocenters. The van der Waals surface area contributed by atoms with Gasteiger partial charge in [-0.15, -0.1) is 0 Å². The molecule has 0 bridgehead atoms. The van der Waals surface area contributed by atoms with Gasteiger partial charge in [0.15, 0.2) is 0 Å². The fraction of sp³-hybridized carbons (Fsp3) is 0.571. The molecular weight excluding hydrogens is 278 g/mol. The summed E-state index contributed by atoms with van der Waals surface area (Å²) in [4.78, 5) is 0. The molecule has 0 amide bonds. The Kier molecular flexibility index (Phi) is 5.02. The molecule has 0 radical (unpaired) electrons. The normalized spacial score (nSPS) is 11.6. The Morgan fingerprint density at radius 3 is 2.53 bits per heavy atom. The second-order valence-electron chi connectivity index (χ2n) is 5.28. The second-order valence-corrected chi connectivity index (χ2v) is 6.14. The third kappa shape index (κ3) is 4.00. The third-order valence-electron chi connectivity index (χ3n) is 3.19. The minimum Gasteiger partial charge on any atom is -0.496 e. The first-order valence-electron chi connectivity index (χ1n) is 5.92. The van der Waals surface area contributed by atoms with E-state index in [4.69, 9.17) is 10.5 Å². The van der Waals surface area contributed by atoms with Crippen LogP contribution in [0.5, 0.6) is 5.75 Å². The molecule has 0 heterocycles. The topological polar surface area (TPSA) is 35.2 Å². The van der Waals surface area contributed by atoms with Gasteiger partial charge in [0.05, 0.1) is 7.11 Å². The standard InChI is InChI=1S/C14H22BrNO/c1-10-7-13(17-4)11(8-12(10)15)5-6-14(2,3)9-16/h7-8H,5-6,9,16H2,1-4H3. The molecular formula is C14H22BrNO. The first-order valence-corrected chi connectivity index (χ1v) is 6.72. The quantitative estimate of drug-likeness (QED) is 0.900. The Balaban J connectivity index is 2.87. The van der Waals surface area contributed by atoms with Gasteiger partial charge < -0.3 is 10.5 Å². The molecule has 1 aromatic carbocycles. The van der Waals surface area contributed by atoms with Crippen LogP contribution in [0, 0.1) is 12.3 Å². The van der Waals surface area contributed by atoms with Crippen LogP contribution in [0.4, 0.5) is 0 Å². The zero-order valence-corrected chi connectivity index (χ0v) is 12.7. The fourth-order valence-electron chi connectivity index (χ4n) is 1.66. The third-order valence-corrected chi connectivity index (χ3v) is 4.04. The lowest BCUT2D eigenvalue weighted by Crippen LogP contribution is -2.24. The molecule has 0 fully saturated rings. The summed E-state index contributed by atoms with van der Waals surface area (Å²) >= 11 is 3.57. The largest absolute Gasteiger partial charge is 0.496 e. The Morgan fingerprint density at radius 2 is 2.00 bits per heavy atom. The lowest BCUT2D eigenvalue weighted by atomic mass is 9.86. The van der Waals surface area contributed by atoms with Crippen molar-refractivity contribution in [3.05, 3.63) is 27.7 Å². The van der Waals surface area contributed by atoms with Gasteiger partial charge in [-0.25, -0.2) is 0 Å². The van der Waals surface area contributed by atoms with Gasteiger partial charge in [-0.3, -0.25) is 0 Å². The Bertz CT molecular complexity index is 388. The summed E-state index contributed by atoms with van der Waals surface area (Å²) in [5.41, 5.74) is 8.38. The van der Waals surface area contributed by atoms with Crippen molar-refractivity contribution >= 4 is 15.9 Å². The average molecular weight is 300 g/mol. The molecule has 0 saturated heterocycles. The van der Waals surface area contributed by atoms with Crippen molar-refractivity contribution in [2.45, 2.75) is 33.6 Å². The molecule has 0 aliphatic rings. The van der Waals surface area contributed by atoms with Gasteiger partial charge in [0, 0.05) is 4.47 Å². The number of hydrogen-bond acceptors (Lipinski definition) is 2. The predicted octanol–water partition coefficient (Wildman–Crippen LogP) is 3.68. The van der Waals surface area contributed by atoms with Gasteiger partial charge in [0.2, 0.25) is 0 Å². The van der Waals surface area contributed by atoms with Crippen molar-refractivity contribution in [1.29, 1.82) is 0 Å². The number of aryl methyl sites for hydroxylation is 2. The van der Waals surface area contributed by atoms with Crippen LogP contribution in [-0.4, -0.2) is 13.7 Å². The molecule has 1 aromatic rings. The SMILES string of the molecule is COc1cc(C)c(Br)cc1CCC(C)(C)CN. The van der Waals surface area contributed by atoms with Crippen molar-refractivity contribution in [2.24, 2.45) is 11.1 Å². The molecule has 1 rings (SSSR count). The Hall–Kier alpha value is -0.540. The highest BCUT2D eigenvalue weighted by molar-refractivity contribution is 9.10. The first kappa shape index (κ1) is 14.5. The zero-order valence-electron chi connectivity index (χ0n) is 11.1. The lowest BCUT2D eigenvalue weighted by molar-refractivity contribution is 0.343. The van der Waals surface area contributed by atoms with E-state index in [1.807, 2.05) is 0 Å². The maximum atomic E-state index is 5.75. The smallest absolute Gasteiger partial charge is 0.122 e. The second kappa shape index (κ2) is 5.87. The van der Waals surface area contributed by atoms with E-state index in [-0.39, 0.29) is 5.41 Å². The zero-order chi connectivity index (χ0) is 13.1. The summed E-state index contributed by atoms with van der Waals surface area (Å²) in [7, 11) is 1.72. The van der Waals surface area contributed by atoms with Crippen LogP contribution < -0.4 is 10.5 Å².